The number of nitrogens with one attached hydrogen (secondary N) is 1. The van der Waals surface area contributed by atoms with Crippen LogP contribution in [0.1, 0.15) is 38.5 Å². The SMILES string of the molecule is O=C(NCCN(CC1CC1)C1CC1)N1CC[C@@]2(CCOC2)C1. The van der Waals surface area contributed by atoms with Gasteiger partial charge in [0.05, 0.1) is 6.61 Å². The van der Waals surface area contributed by atoms with E-state index in [1.54, 1.807) is 0 Å². The fraction of sp³-hybridized carbons (Fsp3) is 0.941. The minimum atomic E-state index is 0.131. The highest BCUT2D eigenvalue weighted by atomic mass is 16.5. The number of carbonyl (C=O) groups is 1. The van der Waals surface area contributed by atoms with Gasteiger partial charge in [-0.15, -0.1) is 0 Å². The average molecular weight is 307 g/mol. The zero-order valence-electron chi connectivity index (χ0n) is 13.6. The molecule has 4 fully saturated rings. The van der Waals surface area contributed by atoms with Crippen molar-refractivity contribution in [3.05, 3.63) is 0 Å². The number of ether oxygens (including phenoxy) is 1. The largest absolute Gasteiger partial charge is 0.381 e. The highest BCUT2D eigenvalue weighted by Gasteiger charge is 2.42. The summed E-state index contributed by atoms with van der Waals surface area (Å²) >= 11 is 0. The van der Waals surface area contributed by atoms with Crippen LogP contribution in [-0.2, 0) is 4.74 Å². The molecule has 0 unspecified atom stereocenters. The molecule has 2 amide bonds. The summed E-state index contributed by atoms with van der Waals surface area (Å²) in [6.45, 7) is 6.55. The molecule has 0 bridgehead atoms. The van der Waals surface area contributed by atoms with E-state index in [0.717, 1.165) is 64.2 Å². The number of carbonyl (C=O) groups excluding carboxylic acids is 1. The monoisotopic (exact) mass is 307 g/mol. The smallest absolute Gasteiger partial charge is 0.317 e. The lowest BCUT2D eigenvalue weighted by Gasteiger charge is -2.24. The summed E-state index contributed by atoms with van der Waals surface area (Å²) in [7, 11) is 0. The molecule has 2 saturated heterocycles. The van der Waals surface area contributed by atoms with Gasteiger partial charge in [0.2, 0.25) is 0 Å². The minimum Gasteiger partial charge on any atom is -0.381 e. The van der Waals surface area contributed by atoms with E-state index in [4.69, 9.17) is 4.74 Å². The number of nitrogens with zero attached hydrogens (tertiary/aromatic N) is 2. The van der Waals surface area contributed by atoms with Gasteiger partial charge in [-0.1, -0.05) is 0 Å². The fourth-order valence-electron chi connectivity index (χ4n) is 3.99. The third-order valence-electron chi connectivity index (χ3n) is 5.84. The second kappa shape index (κ2) is 6.00. The number of likely N-dealkylation sites (tertiary alicyclic amines) is 1. The lowest BCUT2D eigenvalue weighted by Crippen LogP contribution is -2.43. The van der Waals surface area contributed by atoms with Crippen LogP contribution in [0.4, 0.5) is 4.79 Å². The van der Waals surface area contributed by atoms with Gasteiger partial charge in [-0.3, -0.25) is 4.90 Å². The fourth-order valence-corrected chi connectivity index (χ4v) is 3.99. The van der Waals surface area contributed by atoms with Crippen LogP contribution in [0, 0.1) is 11.3 Å². The molecule has 0 aromatic rings. The Morgan fingerprint density at radius 1 is 1.27 bits per heavy atom. The van der Waals surface area contributed by atoms with Crippen LogP contribution in [-0.4, -0.2) is 67.8 Å². The quantitative estimate of drug-likeness (QED) is 0.812. The van der Waals surface area contributed by atoms with Gasteiger partial charge in [-0.25, -0.2) is 4.79 Å². The zero-order chi connectivity index (χ0) is 15.0. The maximum absolute atomic E-state index is 12.3. The summed E-state index contributed by atoms with van der Waals surface area (Å²) in [5, 5.41) is 3.14. The Labute approximate surface area is 133 Å². The molecule has 2 saturated carbocycles. The van der Waals surface area contributed by atoms with Crippen molar-refractivity contribution in [1.82, 2.24) is 15.1 Å². The number of amides is 2. The summed E-state index contributed by atoms with van der Waals surface area (Å²) < 4.78 is 5.53. The Morgan fingerprint density at radius 3 is 2.82 bits per heavy atom. The first-order valence-corrected chi connectivity index (χ1v) is 9.09. The maximum Gasteiger partial charge on any atom is 0.317 e. The number of hydrogen-bond donors (Lipinski definition) is 1. The van der Waals surface area contributed by atoms with Crippen molar-refractivity contribution < 1.29 is 9.53 Å². The lowest BCUT2D eigenvalue weighted by molar-refractivity contribution is 0.152. The van der Waals surface area contributed by atoms with Crippen molar-refractivity contribution in [1.29, 1.82) is 0 Å². The zero-order valence-corrected chi connectivity index (χ0v) is 13.6. The van der Waals surface area contributed by atoms with Crippen LogP contribution >= 0.6 is 0 Å². The standard InChI is InChI=1S/C17H29N3O2/c21-16(20-8-5-17(12-20)6-10-22-13-17)18-7-9-19(15-3-4-15)11-14-1-2-14/h14-15H,1-13H2,(H,18,21)/t17-/m1/s1. The molecule has 1 N–H and O–H groups in total. The molecule has 5 nitrogen and oxygen atoms in total. The van der Waals surface area contributed by atoms with E-state index < -0.39 is 0 Å². The van der Waals surface area contributed by atoms with Gasteiger partial charge in [0.15, 0.2) is 0 Å². The molecule has 5 heteroatoms. The first-order valence-electron chi connectivity index (χ1n) is 9.09. The number of urea groups is 1. The highest BCUT2D eigenvalue weighted by molar-refractivity contribution is 5.74. The Hall–Kier alpha value is -0.810. The van der Waals surface area contributed by atoms with Crippen LogP contribution in [0.3, 0.4) is 0 Å². The predicted octanol–water partition coefficient (Wildman–Crippen LogP) is 1.68. The summed E-state index contributed by atoms with van der Waals surface area (Å²) in [5.74, 6) is 0.942. The Morgan fingerprint density at radius 2 is 2.14 bits per heavy atom. The van der Waals surface area contributed by atoms with Crippen molar-refractivity contribution in [2.75, 3.05) is 45.9 Å². The molecular weight excluding hydrogens is 278 g/mol. The first-order chi connectivity index (χ1) is 10.7. The van der Waals surface area contributed by atoms with E-state index in [1.807, 2.05) is 4.90 Å². The Bertz CT molecular complexity index is 414. The second-order valence-corrected chi connectivity index (χ2v) is 7.88. The summed E-state index contributed by atoms with van der Waals surface area (Å²) in [6, 6.07) is 0.939. The van der Waals surface area contributed by atoms with Crippen molar-refractivity contribution in [2.45, 2.75) is 44.6 Å². The van der Waals surface area contributed by atoms with E-state index >= 15 is 0 Å². The molecule has 4 aliphatic rings. The second-order valence-electron chi connectivity index (χ2n) is 7.88. The summed E-state index contributed by atoms with van der Waals surface area (Å²) in [6.07, 6.45) is 7.76. The first kappa shape index (κ1) is 14.8. The molecule has 124 valence electrons. The van der Waals surface area contributed by atoms with E-state index in [2.05, 4.69) is 10.2 Å². The molecule has 0 aromatic carbocycles. The average Bonchev–Trinajstić information content (AvgIpc) is 3.44. The molecule has 1 atom stereocenters. The van der Waals surface area contributed by atoms with Crippen LogP contribution in [0.5, 0.6) is 0 Å². The normalized spacial score (nSPS) is 31.4. The van der Waals surface area contributed by atoms with E-state index in [-0.39, 0.29) is 11.4 Å². The molecule has 2 heterocycles. The van der Waals surface area contributed by atoms with Gasteiger partial charge >= 0.3 is 6.03 Å². The molecule has 0 aromatic heterocycles. The minimum absolute atomic E-state index is 0.131. The lowest BCUT2D eigenvalue weighted by atomic mass is 9.87. The molecule has 2 aliphatic carbocycles. The van der Waals surface area contributed by atoms with Gasteiger partial charge < -0.3 is 15.0 Å². The van der Waals surface area contributed by atoms with Gasteiger partial charge in [0.1, 0.15) is 0 Å². The van der Waals surface area contributed by atoms with Crippen LogP contribution < -0.4 is 5.32 Å². The number of rotatable bonds is 6. The highest BCUT2D eigenvalue weighted by Crippen LogP contribution is 2.38. The van der Waals surface area contributed by atoms with Gasteiger partial charge in [0, 0.05) is 50.8 Å². The van der Waals surface area contributed by atoms with Crippen LogP contribution in [0.25, 0.3) is 0 Å². The summed E-state index contributed by atoms with van der Waals surface area (Å²) in [4.78, 5) is 16.9. The van der Waals surface area contributed by atoms with Crippen molar-refractivity contribution in [3.63, 3.8) is 0 Å². The predicted molar refractivity (Wildman–Crippen MR) is 84.8 cm³/mol. The molecule has 0 radical (unpaired) electrons. The van der Waals surface area contributed by atoms with Crippen LogP contribution in [0.2, 0.25) is 0 Å². The molecule has 1 spiro atoms. The van der Waals surface area contributed by atoms with E-state index in [1.165, 1.54) is 32.2 Å². The third kappa shape index (κ3) is 3.40. The van der Waals surface area contributed by atoms with Gasteiger partial charge in [0.25, 0.3) is 0 Å². The molecule has 4 rings (SSSR count). The van der Waals surface area contributed by atoms with E-state index in [0.29, 0.717) is 0 Å². The molecular formula is C17H29N3O2. The van der Waals surface area contributed by atoms with Gasteiger partial charge in [-0.2, -0.15) is 0 Å². The number of hydrogen-bond acceptors (Lipinski definition) is 3. The van der Waals surface area contributed by atoms with Crippen molar-refractivity contribution in [3.8, 4) is 0 Å². The van der Waals surface area contributed by atoms with E-state index in [9.17, 15) is 4.79 Å². The topological polar surface area (TPSA) is 44.8 Å². The van der Waals surface area contributed by atoms with Crippen LogP contribution in [0.15, 0.2) is 0 Å². The Balaban J connectivity index is 1.19. The van der Waals surface area contributed by atoms with Crippen molar-refractivity contribution >= 4 is 6.03 Å². The Kier molecular flexibility index (Phi) is 4.03. The maximum atomic E-state index is 12.3. The molecule has 22 heavy (non-hydrogen) atoms. The van der Waals surface area contributed by atoms with Gasteiger partial charge in [-0.05, 0) is 44.4 Å². The summed E-state index contributed by atoms with van der Waals surface area (Å²) in [5.41, 5.74) is 0.267. The molecule has 2 aliphatic heterocycles. The third-order valence-corrected chi connectivity index (χ3v) is 5.84. The van der Waals surface area contributed by atoms with Crippen molar-refractivity contribution in [2.24, 2.45) is 11.3 Å².